The van der Waals surface area contributed by atoms with Crippen molar-refractivity contribution in [3.63, 3.8) is 0 Å². The SMILES string of the molecule is NS(=O)(=O)OC(O)[C@@]1(OCc2ccccc2)OC[C@@H](OS(=O)O)[C@@H](O)[C@@H]1O. The van der Waals surface area contributed by atoms with Crippen molar-refractivity contribution in [2.75, 3.05) is 6.61 Å². The van der Waals surface area contributed by atoms with E-state index in [1.165, 1.54) is 0 Å². The first-order chi connectivity index (χ1) is 12.5. The van der Waals surface area contributed by atoms with Crippen LogP contribution in [0.15, 0.2) is 30.3 Å². The second kappa shape index (κ2) is 8.97. The van der Waals surface area contributed by atoms with Crippen molar-refractivity contribution >= 4 is 21.7 Å². The Morgan fingerprint density at radius 2 is 1.96 bits per heavy atom. The summed E-state index contributed by atoms with van der Waals surface area (Å²) < 4.78 is 61.1. The summed E-state index contributed by atoms with van der Waals surface area (Å²) in [5.41, 5.74) is 0.555. The molecular weight excluding hydrogens is 410 g/mol. The van der Waals surface area contributed by atoms with Gasteiger partial charge in [0, 0.05) is 0 Å². The van der Waals surface area contributed by atoms with Gasteiger partial charge in [-0.05, 0) is 5.56 Å². The molecule has 0 radical (unpaired) electrons. The van der Waals surface area contributed by atoms with Crippen molar-refractivity contribution in [3.8, 4) is 0 Å². The Hall–Kier alpha value is -1.04. The summed E-state index contributed by atoms with van der Waals surface area (Å²) >= 11 is -2.79. The highest BCUT2D eigenvalue weighted by atomic mass is 32.2. The number of aliphatic hydroxyl groups is 3. The number of hydrogen-bond acceptors (Lipinski definition) is 10. The Morgan fingerprint density at radius 1 is 1.33 bits per heavy atom. The maximum absolute atomic E-state index is 11.1. The van der Waals surface area contributed by atoms with Crippen LogP contribution in [0.5, 0.6) is 0 Å². The lowest BCUT2D eigenvalue weighted by Crippen LogP contribution is -2.68. The van der Waals surface area contributed by atoms with Crippen LogP contribution in [0.25, 0.3) is 0 Å². The summed E-state index contributed by atoms with van der Waals surface area (Å²) in [5.74, 6) is -2.58. The Labute approximate surface area is 157 Å². The lowest BCUT2D eigenvalue weighted by Gasteiger charge is -2.46. The van der Waals surface area contributed by atoms with Gasteiger partial charge in [0.2, 0.25) is 6.29 Å². The van der Waals surface area contributed by atoms with Crippen LogP contribution < -0.4 is 5.14 Å². The molecule has 0 saturated carbocycles. The molecule has 0 aromatic heterocycles. The van der Waals surface area contributed by atoms with Gasteiger partial charge in [-0.25, -0.2) is 9.32 Å². The van der Waals surface area contributed by atoms with Gasteiger partial charge < -0.3 is 24.8 Å². The number of hydrogen-bond donors (Lipinski definition) is 5. The molecule has 6 atom stereocenters. The highest BCUT2D eigenvalue weighted by molar-refractivity contribution is 7.84. The Bertz CT molecular complexity index is 746. The molecule has 27 heavy (non-hydrogen) atoms. The Balaban J connectivity index is 2.27. The van der Waals surface area contributed by atoms with Crippen LogP contribution in [0.4, 0.5) is 0 Å². The quantitative estimate of drug-likeness (QED) is 0.220. The zero-order valence-corrected chi connectivity index (χ0v) is 15.3. The van der Waals surface area contributed by atoms with E-state index in [-0.39, 0.29) is 6.61 Å². The first kappa shape index (κ1) is 22.3. The summed E-state index contributed by atoms with van der Waals surface area (Å²) in [5, 5.41) is 35.4. The number of benzene rings is 1. The smallest absolute Gasteiger partial charge is 0.335 e. The molecule has 1 aromatic carbocycles. The van der Waals surface area contributed by atoms with Gasteiger partial charge in [0.1, 0.15) is 18.3 Å². The van der Waals surface area contributed by atoms with Gasteiger partial charge in [0.25, 0.3) is 5.79 Å². The molecule has 1 aliphatic rings. The van der Waals surface area contributed by atoms with Crippen LogP contribution in [0.2, 0.25) is 0 Å². The van der Waals surface area contributed by atoms with Crippen LogP contribution in [0, 0.1) is 0 Å². The minimum absolute atomic E-state index is 0.285. The van der Waals surface area contributed by atoms with E-state index in [0.717, 1.165) is 0 Å². The zero-order valence-electron chi connectivity index (χ0n) is 13.7. The number of rotatable bonds is 8. The Kier molecular flexibility index (Phi) is 7.40. The second-order valence-corrected chi connectivity index (χ2v) is 7.34. The summed E-state index contributed by atoms with van der Waals surface area (Å²) in [6, 6.07) is 8.34. The van der Waals surface area contributed by atoms with Gasteiger partial charge in [-0.3, -0.25) is 8.74 Å². The van der Waals surface area contributed by atoms with Crippen molar-refractivity contribution < 1.29 is 50.3 Å². The fourth-order valence-electron chi connectivity index (χ4n) is 2.41. The first-order valence-electron chi connectivity index (χ1n) is 7.40. The fraction of sp³-hybridized carbons (Fsp3) is 0.538. The molecule has 1 saturated heterocycles. The minimum Gasteiger partial charge on any atom is -0.387 e. The largest absolute Gasteiger partial charge is 0.387 e. The average molecular weight is 429 g/mol. The zero-order chi connectivity index (χ0) is 20.2. The van der Waals surface area contributed by atoms with Gasteiger partial charge in [-0.15, -0.1) is 0 Å². The van der Waals surface area contributed by atoms with Crippen molar-refractivity contribution in [2.45, 2.75) is 37.0 Å². The molecule has 14 heteroatoms. The third-order valence-electron chi connectivity index (χ3n) is 3.67. The fourth-order valence-corrected chi connectivity index (χ4v) is 3.18. The van der Waals surface area contributed by atoms with E-state index in [1.807, 2.05) is 0 Å². The van der Waals surface area contributed by atoms with Gasteiger partial charge in [-0.2, -0.15) is 12.6 Å². The van der Waals surface area contributed by atoms with Gasteiger partial charge in [0.05, 0.1) is 13.2 Å². The molecule has 1 fully saturated rings. The van der Waals surface area contributed by atoms with E-state index >= 15 is 0 Å². The average Bonchev–Trinajstić information content (AvgIpc) is 2.58. The maximum atomic E-state index is 11.1. The van der Waals surface area contributed by atoms with Gasteiger partial charge in [-0.1, -0.05) is 30.3 Å². The molecule has 0 amide bonds. The minimum atomic E-state index is -4.69. The van der Waals surface area contributed by atoms with Gasteiger partial charge in [0.15, 0.2) is 0 Å². The van der Waals surface area contributed by atoms with Crippen molar-refractivity contribution in [3.05, 3.63) is 35.9 Å². The molecule has 0 aliphatic carbocycles. The lowest BCUT2D eigenvalue weighted by molar-refractivity contribution is -0.395. The molecule has 1 heterocycles. The van der Waals surface area contributed by atoms with E-state index in [1.54, 1.807) is 30.3 Å². The van der Waals surface area contributed by atoms with E-state index < -0.39 is 58.7 Å². The maximum Gasteiger partial charge on any atom is 0.335 e. The predicted molar refractivity (Wildman–Crippen MR) is 87.8 cm³/mol. The van der Waals surface area contributed by atoms with Crippen LogP contribution in [0.3, 0.4) is 0 Å². The molecule has 0 spiro atoms. The van der Waals surface area contributed by atoms with E-state index in [9.17, 15) is 27.9 Å². The summed E-state index contributed by atoms with van der Waals surface area (Å²) in [7, 11) is -4.69. The Morgan fingerprint density at radius 3 is 2.52 bits per heavy atom. The van der Waals surface area contributed by atoms with Crippen molar-refractivity contribution in [2.24, 2.45) is 5.14 Å². The number of nitrogens with two attached hydrogens (primary N) is 1. The predicted octanol–water partition coefficient (Wildman–Crippen LogP) is -2.29. The molecule has 6 N–H and O–H groups in total. The topological polar surface area (TPSA) is 195 Å². The van der Waals surface area contributed by atoms with Gasteiger partial charge >= 0.3 is 21.7 Å². The highest BCUT2D eigenvalue weighted by Crippen LogP contribution is 2.34. The summed E-state index contributed by atoms with van der Waals surface area (Å²) in [6.07, 6.45) is -7.98. The molecule has 12 nitrogen and oxygen atoms in total. The molecule has 0 bridgehead atoms. The van der Waals surface area contributed by atoms with E-state index in [0.29, 0.717) is 5.56 Å². The van der Waals surface area contributed by atoms with E-state index in [4.69, 9.17) is 19.2 Å². The van der Waals surface area contributed by atoms with Crippen LogP contribution in [0.1, 0.15) is 5.56 Å². The number of aliphatic hydroxyl groups excluding tert-OH is 3. The third kappa shape index (κ3) is 5.72. The van der Waals surface area contributed by atoms with Crippen LogP contribution in [-0.4, -0.2) is 69.5 Å². The highest BCUT2D eigenvalue weighted by Gasteiger charge is 2.58. The molecule has 1 aliphatic heterocycles. The summed E-state index contributed by atoms with van der Waals surface area (Å²) in [4.78, 5) is 0. The van der Waals surface area contributed by atoms with Crippen LogP contribution in [-0.2, 0) is 46.1 Å². The molecule has 2 unspecified atom stereocenters. The number of ether oxygens (including phenoxy) is 2. The van der Waals surface area contributed by atoms with Crippen molar-refractivity contribution in [1.82, 2.24) is 0 Å². The lowest BCUT2D eigenvalue weighted by atomic mass is 9.96. The second-order valence-electron chi connectivity index (χ2n) is 5.54. The molecule has 154 valence electrons. The van der Waals surface area contributed by atoms with Crippen molar-refractivity contribution in [1.29, 1.82) is 0 Å². The van der Waals surface area contributed by atoms with Crippen LogP contribution >= 0.6 is 0 Å². The summed E-state index contributed by atoms with van der Waals surface area (Å²) in [6.45, 7) is -0.933. The molecular formula is C13H19NO11S2. The first-order valence-corrected chi connectivity index (χ1v) is 9.90. The third-order valence-corrected chi connectivity index (χ3v) is 4.53. The standard InChI is InChI=1S/C13H19NO11S2/c14-27(20,21)25-12(17)13(22-6-8-4-2-1-3-5-8)11(16)10(15)9(7-23-13)24-26(18)19/h1-5,9-12,15-17H,6-7H2,(H,18,19)(H2,14,20,21)/t9-,10-,11+,12?,13+/m1/s1. The monoisotopic (exact) mass is 429 g/mol. The van der Waals surface area contributed by atoms with E-state index in [2.05, 4.69) is 8.37 Å². The molecule has 2 rings (SSSR count). The molecule has 1 aromatic rings. The normalized spacial score (nSPS) is 31.4.